The van der Waals surface area contributed by atoms with Crippen molar-refractivity contribution in [3.05, 3.63) is 35.1 Å². The van der Waals surface area contributed by atoms with Gasteiger partial charge in [-0.05, 0) is 106 Å². The van der Waals surface area contributed by atoms with Gasteiger partial charge >= 0.3 is 24.1 Å². The summed E-state index contributed by atoms with van der Waals surface area (Å²) in [6, 6.07) is 3.23. The lowest BCUT2D eigenvalue weighted by Gasteiger charge is -2.61. The van der Waals surface area contributed by atoms with Crippen LogP contribution in [0.15, 0.2) is 24.0 Å². The van der Waals surface area contributed by atoms with Gasteiger partial charge in [-0.25, -0.2) is 19.2 Å². The first-order chi connectivity index (χ1) is 23.0. The standard InChI is InChI=1S/C36H47NO13/c1-18(28(38)49-32(2,3)4)43-29(39)25-26(48-34(8,9)47-25)30(40)44-21-13-14-36(42)22-17-19-11-12-20(45-31(41)50-33(5,6)7)24-23(19)35(36,27(21)46-24)15-16-37(22)10/h11-13,18,22,25-27,42H,14-17H2,1-10H3/t18-,22?,25+,26+,27-,35-,36-/m0/s1. The zero-order chi connectivity index (χ0) is 36.8. The molecule has 1 aromatic carbocycles. The van der Waals surface area contributed by atoms with E-state index < -0.39 is 76.5 Å². The molecule has 1 unspecified atom stereocenters. The Labute approximate surface area is 291 Å². The summed E-state index contributed by atoms with van der Waals surface area (Å²) in [6.07, 6.45) is -3.61. The first-order valence-electron chi connectivity index (χ1n) is 16.9. The number of hydrogen-bond donors (Lipinski definition) is 1. The molecule has 5 aliphatic rings. The second kappa shape index (κ2) is 11.9. The first kappa shape index (κ1) is 36.1. The second-order valence-corrected chi connectivity index (χ2v) is 16.2. The molecule has 2 fully saturated rings. The molecule has 50 heavy (non-hydrogen) atoms. The van der Waals surface area contributed by atoms with Crippen LogP contribution in [0.5, 0.6) is 11.5 Å². The van der Waals surface area contributed by atoms with Crippen LogP contribution in [0.2, 0.25) is 0 Å². The van der Waals surface area contributed by atoms with Gasteiger partial charge in [0.15, 0.2) is 41.7 Å². The number of likely N-dealkylation sites (N-methyl/N-ethyl adjacent to an activating group) is 1. The summed E-state index contributed by atoms with van der Waals surface area (Å²) in [5.74, 6) is -3.62. The highest BCUT2D eigenvalue weighted by Crippen LogP contribution is 2.65. The molecule has 14 nitrogen and oxygen atoms in total. The number of esters is 3. The Balaban J connectivity index is 1.29. The predicted molar refractivity (Wildman–Crippen MR) is 173 cm³/mol. The third kappa shape index (κ3) is 6.13. The van der Waals surface area contributed by atoms with Crippen molar-refractivity contribution in [2.45, 2.75) is 140 Å². The summed E-state index contributed by atoms with van der Waals surface area (Å²) >= 11 is 0. The van der Waals surface area contributed by atoms with E-state index in [4.69, 9.17) is 37.9 Å². The van der Waals surface area contributed by atoms with Crippen LogP contribution in [0.4, 0.5) is 4.79 Å². The van der Waals surface area contributed by atoms with Gasteiger partial charge in [0, 0.05) is 18.0 Å². The number of piperidine rings is 1. The summed E-state index contributed by atoms with van der Waals surface area (Å²) in [5, 5.41) is 12.6. The van der Waals surface area contributed by atoms with Crippen LogP contribution < -0.4 is 9.47 Å². The largest absolute Gasteiger partial charge is 0.514 e. The maximum Gasteiger partial charge on any atom is 0.514 e. The number of carbonyl (C=O) groups excluding carboxylic acids is 4. The van der Waals surface area contributed by atoms with Crippen molar-refractivity contribution in [3.63, 3.8) is 0 Å². The molecular formula is C36H47NO13. The lowest BCUT2D eigenvalue weighted by molar-refractivity contribution is -0.184. The highest BCUT2D eigenvalue weighted by Gasteiger charge is 2.72. The van der Waals surface area contributed by atoms with Crippen molar-refractivity contribution >= 4 is 24.1 Å². The Morgan fingerprint density at radius 3 is 2.24 bits per heavy atom. The Hall–Kier alpha value is -3.72. The fraction of sp³-hybridized carbons (Fsp3) is 0.667. The fourth-order valence-corrected chi connectivity index (χ4v) is 7.82. The monoisotopic (exact) mass is 701 g/mol. The van der Waals surface area contributed by atoms with Crippen molar-refractivity contribution in [2.24, 2.45) is 0 Å². The van der Waals surface area contributed by atoms with E-state index >= 15 is 0 Å². The zero-order valence-corrected chi connectivity index (χ0v) is 30.2. The molecule has 14 heteroatoms. The van der Waals surface area contributed by atoms with Gasteiger partial charge in [0.25, 0.3) is 0 Å². The van der Waals surface area contributed by atoms with Crippen LogP contribution >= 0.6 is 0 Å². The Bertz CT molecular complexity index is 1640. The highest BCUT2D eigenvalue weighted by atomic mass is 16.8. The number of rotatable bonds is 6. The molecule has 7 atom stereocenters. The number of nitrogens with zero attached hydrogens (tertiary/aromatic N) is 1. The Morgan fingerprint density at radius 1 is 0.960 bits per heavy atom. The summed E-state index contributed by atoms with van der Waals surface area (Å²) in [4.78, 5) is 54.6. The van der Waals surface area contributed by atoms with E-state index in [-0.39, 0.29) is 29.7 Å². The van der Waals surface area contributed by atoms with E-state index in [0.717, 1.165) is 5.56 Å². The normalized spacial score (nSPS) is 31.4. The average Bonchev–Trinajstić information content (AvgIpc) is 3.50. The van der Waals surface area contributed by atoms with E-state index in [9.17, 15) is 24.3 Å². The lowest BCUT2D eigenvalue weighted by Crippen LogP contribution is -2.74. The van der Waals surface area contributed by atoms with E-state index in [1.54, 1.807) is 53.7 Å². The molecule has 0 radical (unpaired) electrons. The van der Waals surface area contributed by atoms with Gasteiger partial charge in [0.1, 0.15) is 17.0 Å². The molecule has 2 aliphatic carbocycles. The number of ether oxygens (including phenoxy) is 8. The van der Waals surface area contributed by atoms with Gasteiger partial charge in [-0.1, -0.05) is 6.07 Å². The Morgan fingerprint density at radius 2 is 1.60 bits per heavy atom. The number of benzene rings is 1. The minimum absolute atomic E-state index is 0.109. The first-order valence-corrected chi connectivity index (χ1v) is 16.9. The van der Waals surface area contributed by atoms with Gasteiger partial charge in [-0.2, -0.15) is 0 Å². The summed E-state index contributed by atoms with van der Waals surface area (Å²) < 4.78 is 45.9. The SMILES string of the molecule is C[C@H](OC(=O)[C@@H]1OC(C)(C)O[C@H]1C(=O)OC1=CC[C@]2(O)C3Cc4ccc(OC(=O)OC(C)(C)C)c5c4[C@@]2(CCN3C)[C@H]1O5)C(=O)OC(C)(C)C. The zero-order valence-electron chi connectivity index (χ0n) is 30.2. The van der Waals surface area contributed by atoms with Crippen molar-refractivity contribution in [3.8, 4) is 11.5 Å². The molecule has 3 heterocycles. The van der Waals surface area contributed by atoms with E-state index in [2.05, 4.69) is 4.90 Å². The number of hydrogen-bond acceptors (Lipinski definition) is 14. The third-order valence-corrected chi connectivity index (χ3v) is 9.73. The topological polar surface area (TPSA) is 166 Å². The summed E-state index contributed by atoms with van der Waals surface area (Å²) in [7, 11) is 1.97. The maximum absolute atomic E-state index is 13.9. The molecule has 1 aromatic rings. The van der Waals surface area contributed by atoms with Crippen LogP contribution in [0, 0.1) is 0 Å². The molecule has 0 aromatic heterocycles. The number of likely N-dealkylation sites (tertiary alicyclic amines) is 1. The molecule has 3 aliphatic heterocycles. The molecule has 0 amide bonds. The third-order valence-electron chi connectivity index (χ3n) is 9.73. The van der Waals surface area contributed by atoms with Gasteiger partial charge in [0.2, 0.25) is 0 Å². The molecule has 1 N–H and O–H groups in total. The summed E-state index contributed by atoms with van der Waals surface area (Å²) in [6.45, 7) is 15.3. The fourth-order valence-electron chi connectivity index (χ4n) is 7.82. The van der Waals surface area contributed by atoms with Crippen molar-refractivity contribution in [1.29, 1.82) is 0 Å². The van der Waals surface area contributed by atoms with Crippen LogP contribution in [-0.4, -0.2) is 101 Å². The van der Waals surface area contributed by atoms with E-state index in [1.165, 1.54) is 20.8 Å². The minimum Gasteiger partial charge on any atom is -0.477 e. The molecule has 2 saturated heterocycles. The van der Waals surface area contributed by atoms with Crippen LogP contribution in [-0.2, 0) is 54.6 Å². The van der Waals surface area contributed by atoms with Gasteiger partial charge < -0.3 is 47.9 Å². The van der Waals surface area contributed by atoms with Crippen molar-refractivity contribution in [2.75, 3.05) is 13.6 Å². The van der Waals surface area contributed by atoms with E-state index in [0.29, 0.717) is 24.9 Å². The quantitative estimate of drug-likeness (QED) is 0.260. The van der Waals surface area contributed by atoms with Gasteiger partial charge in [-0.15, -0.1) is 0 Å². The molecule has 2 bridgehead atoms. The van der Waals surface area contributed by atoms with Crippen LogP contribution in [0.1, 0.15) is 86.3 Å². The highest BCUT2D eigenvalue weighted by molar-refractivity contribution is 5.88. The molecule has 1 spiro atoms. The van der Waals surface area contributed by atoms with Crippen molar-refractivity contribution in [1.82, 2.24) is 4.90 Å². The minimum atomic E-state index is -1.57. The molecular weight excluding hydrogens is 654 g/mol. The maximum atomic E-state index is 13.9. The number of aliphatic hydroxyl groups is 1. The predicted octanol–water partition coefficient (Wildman–Crippen LogP) is 3.61. The van der Waals surface area contributed by atoms with E-state index in [1.807, 2.05) is 13.1 Å². The van der Waals surface area contributed by atoms with Crippen LogP contribution in [0.25, 0.3) is 0 Å². The number of carbonyl (C=O) groups is 4. The average molecular weight is 702 g/mol. The second-order valence-electron chi connectivity index (χ2n) is 16.2. The smallest absolute Gasteiger partial charge is 0.477 e. The Kier molecular flexibility index (Phi) is 8.61. The molecule has 6 rings (SSSR count). The van der Waals surface area contributed by atoms with Crippen LogP contribution in [0.3, 0.4) is 0 Å². The summed E-state index contributed by atoms with van der Waals surface area (Å²) in [5.41, 5.74) is -2.36. The molecule has 0 saturated carbocycles. The van der Waals surface area contributed by atoms with Crippen molar-refractivity contribution < 1.29 is 62.2 Å². The lowest BCUT2D eigenvalue weighted by atomic mass is 9.50. The molecule has 274 valence electrons. The van der Waals surface area contributed by atoms with Gasteiger partial charge in [-0.3, -0.25) is 0 Å². The van der Waals surface area contributed by atoms with Gasteiger partial charge in [0.05, 0.1) is 11.0 Å².